The quantitative estimate of drug-likeness (QED) is 0.822. The summed E-state index contributed by atoms with van der Waals surface area (Å²) in [4.78, 5) is 4.12. The number of nitrogens with two attached hydrogens (primary N) is 1. The number of hydrogen-bond acceptors (Lipinski definition) is 5. The van der Waals surface area contributed by atoms with Gasteiger partial charge in [-0.05, 0) is 46.2 Å². The maximum absolute atomic E-state index is 9.21. The van der Waals surface area contributed by atoms with Gasteiger partial charge in [-0.3, -0.25) is 4.98 Å². The van der Waals surface area contributed by atoms with Crippen LogP contribution in [0.4, 0.5) is 0 Å². The Hall–Kier alpha value is -1.42. The second kappa shape index (κ2) is 5.17. The van der Waals surface area contributed by atoms with Gasteiger partial charge in [0.15, 0.2) is 0 Å². The molecule has 0 atom stereocenters. The average molecular weight is 273 g/mol. The van der Waals surface area contributed by atoms with E-state index in [0.717, 1.165) is 11.0 Å². The van der Waals surface area contributed by atoms with Crippen molar-refractivity contribution in [2.75, 3.05) is 6.54 Å². The highest BCUT2D eigenvalue weighted by Crippen LogP contribution is 2.36. The van der Waals surface area contributed by atoms with E-state index in [-0.39, 0.29) is 0 Å². The summed E-state index contributed by atoms with van der Waals surface area (Å²) in [5.74, 6) is 0. The molecule has 1 aliphatic heterocycles. The summed E-state index contributed by atoms with van der Waals surface area (Å²) >= 11 is 0. The van der Waals surface area contributed by atoms with Crippen LogP contribution in [0.25, 0.3) is 0 Å². The Morgan fingerprint density at radius 3 is 2.35 bits per heavy atom. The van der Waals surface area contributed by atoms with Gasteiger partial charge in [-0.25, -0.2) is 0 Å². The van der Waals surface area contributed by atoms with Crippen molar-refractivity contribution < 1.29 is 9.31 Å². The molecule has 0 bridgehead atoms. The SMILES string of the molecule is CC1(C)OB(c2cncc(C#N)c2CCN)OC1(C)C. The van der Waals surface area contributed by atoms with Gasteiger partial charge in [-0.15, -0.1) is 0 Å². The summed E-state index contributed by atoms with van der Waals surface area (Å²) < 4.78 is 12.0. The smallest absolute Gasteiger partial charge is 0.399 e. The van der Waals surface area contributed by atoms with E-state index in [2.05, 4.69) is 11.1 Å². The van der Waals surface area contributed by atoms with Crippen LogP contribution in [0.5, 0.6) is 0 Å². The average Bonchev–Trinajstić information content (AvgIpc) is 2.59. The first kappa shape index (κ1) is 15.0. The number of pyridine rings is 1. The molecular weight excluding hydrogens is 253 g/mol. The Balaban J connectivity index is 2.43. The monoisotopic (exact) mass is 273 g/mol. The summed E-state index contributed by atoms with van der Waals surface area (Å²) in [5, 5.41) is 9.21. The molecule has 106 valence electrons. The Kier molecular flexibility index (Phi) is 3.87. The molecule has 0 aromatic carbocycles. The molecule has 1 aromatic heterocycles. The van der Waals surface area contributed by atoms with E-state index in [1.165, 1.54) is 0 Å². The molecule has 1 saturated heterocycles. The van der Waals surface area contributed by atoms with Crippen molar-refractivity contribution in [2.24, 2.45) is 5.73 Å². The van der Waals surface area contributed by atoms with E-state index >= 15 is 0 Å². The van der Waals surface area contributed by atoms with Crippen molar-refractivity contribution >= 4 is 12.6 Å². The van der Waals surface area contributed by atoms with Crippen LogP contribution >= 0.6 is 0 Å². The number of nitrogens with zero attached hydrogens (tertiary/aromatic N) is 2. The fraction of sp³-hybridized carbons (Fsp3) is 0.571. The first-order valence-corrected chi connectivity index (χ1v) is 6.75. The zero-order valence-corrected chi connectivity index (χ0v) is 12.4. The first-order chi connectivity index (χ1) is 9.32. The van der Waals surface area contributed by atoms with E-state index in [1.807, 2.05) is 27.7 Å². The lowest BCUT2D eigenvalue weighted by atomic mass is 9.75. The van der Waals surface area contributed by atoms with Crippen LogP contribution in [0.2, 0.25) is 0 Å². The Labute approximate surface area is 120 Å². The minimum Gasteiger partial charge on any atom is -0.399 e. The third kappa shape index (κ3) is 2.45. The summed E-state index contributed by atoms with van der Waals surface area (Å²) in [6.07, 6.45) is 3.86. The minimum absolute atomic E-state index is 0.416. The van der Waals surface area contributed by atoms with Crippen molar-refractivity contribution in [3.8, 4) is 6.07 Å². The largest absolute Gasteiger partial charge is 0.496 e. The van der Waals surface area contributed by atoms with Crippen LogP contribution < -0.4 is 11.2 Å². The second-order valence-electron chi connectivity index (χ2n) is 5.99. The molecule has 0 spiro atoms. The van der Waals surface area contributed by atoms with Crippen molar-refractivity contribution in [1.29, 1.82) is 5.26 Å². The zero-order valence-electron chi connectivity index (χ0n) is 12.4. The van der Waals surface area contributed by atoms with Gasteiger partial charge in [0.05, 0.1) is 16.8 Å². The molecule has 2 heterocycles. The van der Waals surface area contributed by atoms with Gasteiger partial charge in [0, 0.05) is 17.9 Å². The number of rotatable bonds is 3. The van der Waals surface area contributed by atoms with Crippen LogP contribution in [-0.2, 0) is 15.7 Å². The van der Waals surface area contributed by atoms with Gasteiger partial charge < -0.3 is 15.0 Å². The number of aromatic nitrogens is 1. The molecule has 1 aromatic rings. The molecule has 1 fully saturated rings. The predicted molar refractivity (Wildman–Crippen MR) is 77.4 cm³/mol. The van der Waals surface area contributed by atoms with Gasteiger partial charge >= 0.3 is 7.12 Å². The summed E-state index contributed by atoms with van der Waals surface area (Å²) in [7, 11) is -0.512. The fourth-order valence-electron chi connectivity index (χ4n) is 2.20. The lowest BCUT2D eigenvalue weighted by Crippen LogP contribution is -2.41. The van der Waals surface area contributed by atoms with Gasteiger partial charge in [0.2, 0.25) is 0 Å². The maximum Gasteiger partial charge on any atom is 0.496 e. The van der Waals surface area contributed by atoms with Crippen LogP contribution in [0, 0.1) is 11.3 Å². The minimum atomic E-state index is -0.512. The standard InChI is InChI=1S/C14H20BN3O2/c1-13(2)14(3,4)20-15(19-13)12-9-18-8-10(7-17)11(12)5-6-16/h8-9H,5-6,16H2,1-4H3. The molecule has 0 saturated carbocycles. The van der Waals surface area contributed by atoms with Gasteiger partial charge in [-0.1, -0.05) is 0 Å². The van der Waals surface area contributed by atoms with Gasteiger partial charge in [0.1, 0.15) is 6.07 Å². The highest BCUT2D eigenvalue weighted by atomic mass is 16.7. The molecule has 20 heavy (non-hydrogen) atoms. The van der Waals surface area contributed by atoms with E-state index < -0.39 is 18.3 Å². The molecule has 1 aliphatic rings. The lowest BCUT2D eigenvalue weighted by molar-refractivity contribution is 0.00578. The van der Waals surface area contributed by atoms with Crippen molar-refractivity contribution in [1.82, 2.24) is 4.98 Å². The molecule has 6 heteroatoms. The molecule has 0 amide bonds. The molecular formula is C14H20BN3O2. The highest BCUT2D eigenvalue weighted by molar-refractivity contribution is 6.62. The maximum atomic E-state index is 9.21. The topological polar surface area (TPSA) is 81.2 Å². The third-order valence-electron chi connectivity index (χ3n) is 4.11. The van der Waals surface area contributed by atoms with Gasteiger partial charge in [-0.2, -0.15) is 5.26 Å². The second-order valence-corrected chi connectivity index (χ2v) is 5.99. The van der Waals surface area contributed by atoms with E-state index in [4.69, 9.17) is 15.0 Å². The Morgan fingerprint density at radius 2 is 1.85 bits per heavy atom. The summed E-state index contributed by atoms with van der Waals surface area (Å²) in [6.45, 7) is 8.45. The van der Waals surface area contributed by atoms with Crippen molar-refractivity contribution in [2.45, 2.75) is 45.3 Å². The van der Waals surface area contributed by atoms with E-state index in [1.54, 1.807) is 12.4 Å². The molecule has 0 aliphatic carbocycles. The van der Waals surface area contributed by atoms with Crippen molar-refractivity contribution in [3.05, 3.63) is 23.5 Å². The zero-order chi connectivity index (χ0) is 15.0. The Morgan fingerprint density at radius 1 is 1.25 bits per heavy atom. The van der Waals surface area contributed by atoms with Gasteiger partial charge in [0.25, 0.3) is 0 Å². The third-order valence-corrected chi connectivity index (χ3v) is 4.11. The molecule has 5 nitrogen and oxygen atoms in total. The lowest BCUT2D eigenvalue weighted by Gasteiger charge is -2.32. The normalized spacial score (nSPS) is 19.9. The van der Waals surface area contributed by atoms with E-state index in [0.29, 0.717) is 18.5 Å². The molecule has 2 N–H and O–H groups in total. The van der Waals surface area contributed by atoms with Crippen molar-refractivity contribution in [3.63, 3.8) is 0 Å². The first-order valence-electron chi connectivity index (χ1n) is 6.75. The fourth-order valence-corrected chi connectivity index (χ4v) is 2.20. The van der Waals surface area contributed by atoms with Crippen LogP contribution in [0.3, 0.4) is 0 Å². The summed E-state index contributed by atoms with van der Waals surface area (Å²) in [6, 6.07) is 2.16. The van der Waals surface area contributed by atoms with E-state index in [9.17, 15) is 5.26 Å². The Bertz CT molecular complexity index is 536. The summed E-state index contributed by atoms with van der Waals surface area (Å²) in [5.41, 5.74) is 7.01. The molecule has 0 unspecified atom stereocenters. The molecule has 2 rings (SSSR count). The number of nitriles is 1. The number of hydrogen-bond donors (Lipinski definition) is 1. The highest BCUT2D eigenvalue weighted by Gasteiger charge is 2.52. The van der Waals surface area contributed by atoms with Crippen LogP contribution in [0.1, 0.15) is 38.8 Å². The molecule has 0 radical (unpaired) electrons. The predicted octanol–water partition coefficient (Wildman–Crippen LogP) is 0.754. The van der Waals surface area contributed by atoms with Crippen LogP contribution in [-0.4, -0.2) is 29.8 Å². The van der Waals surface area contributed by atoms with Crippen LogP contribution in [0.15, 0.2) is 12.4 Å².